The Morgan fingerprint density at radius 2 is 2.19 bits per heavy atom. The normalized spacial score (nSPS) is 13.2. The van der Waals surface area contributed by atoms with E-state index in [1.165, 1.54) is 11.1 Å². The molecule has 1 aromatic carbocycles. The summed E-state index contributed by atoms with van der Waals surface area (Å²) in [5.41, 5.74) is 3.61. The lowest BCUT2D eigenvalue weighted by atomic mass is 10.1. The standard InChI is InChI=1S/C13H19N3/c1-5-16-10(3)15-12-8-11(9(2)14-4)6-7-13(12)16/h6-9,14H,5H2,1-4H3. The van der Waals surface area contributed by atoms with Gasteiger partial charge in [0.2, 0.25) is 0 Å². The van der Waals surface area contributed by atoms with E-state index in [0.29, 0.717) is 6.04 Å². The van der Waals surface area contributed by atoms with Gasteiger partial charge < -0.3 is 9.88 Å². The average Bonchev–Trinajstić information content (AvgIpc) is 2.62. The Labute approximate surface area is 96.5 Å². The van der Waals surface area contributed by atoms with E-state index in [-0.39, 0.29) is 0 Å². The van der Waals surface area contributed by atoms with Gasteiger partial charge in [-0.1, -0.05) is 6.07 Å². The van der Waals surface area contributed by atoms with Crippen molar-refractivity contribution < 1.29 is 0 Å². The van der Waals surface area contributed by atoms with Gasteiger partial charge in [0.1, 0.15) is 5.82 Å². The summed E-state index contributed by atoms with van der Waals surface area (Å²) in [6.45, 7) is 7.34. The number of aryl methyl sites for hydroxylation is 2. The molecule has 1 N–H and O–H groups in total. The molecule has 16 heavy (non-hydrogen) atoms. The Bertz CT molecular complexity index is 499. The third-order valence-corrected chi connectivity index (χ3v) is 3.21. The lowest BCUT2D eigenvalue weighted by molar-refractivity contribution is 0.653. The molecule has 0 radical (unpaired) electrons. The maximum Gasteiger partial charge on any atom is 0.106 e. The number of rotatable bonds is 3. The van der Waals surface area contributed by atoms with Gasteiger partial charge in [0, 0.05) is 12.6 Å². The Morgan fingerprint density at radius 1 is 1.44 bits per heavy atom. The molecule has 2 rings (SSSR count). The van der Waals surface area contributed by atoms with Crippen molar-refractivity contribution in [2.75, 3.05) is 7.05 Å². The summed E-state index contributed by atoms with van der Waals surface area (Å²) >= 11 is 0. The first kappa shape index (κ1) is 11.1. The Balaban J connectivity index is 2.55. The second-order valence-corrected chi connectivity index (χ2v) is 4.16. The fourth-order valence-electron chi connectivity index (χ4n) is 2.10. The Morgan fingerprint density at radius 3 is 2.81 bits per heavy atom. The quantitative estimate of drug-likeness (QED) is 0.856. The summed E-state index contributed by atoms with van der Waals surface area (Å²) in [6, 6.07) is 6.89. The molecule has 1 aromatic heterocycles. The van der Waals surface area contributed by atoms with Gasteiger partial charge >= 0.3 is 0 Å². The molecule has 0 spiro atoms. The third-order valence-electron chi connectivity index (χ3n) is 3.21. The van der Waals surface area contributed by atoms with E-state index in [1.807, 2.05) is 7.05 Å². The second kappa shape index (κ2) is 4.26. The van der Waals surface area contributed by atoms with Crippen LogP contribution in [0.5, 0.6) is 0 Å². The molecule has 1 unspecified atom stereocenters. The van der Waals surface area contributed by atoms with Crippen molar-refractivity contribution in [2.45, 2.75) is 33.4 Å². The van der Waals surface area contributed by atoms with Crippen LogP contribution in [0.25, 0.3) is 11.0 Å². The number of nitrogens with zero attached hydrogens (tertiary/aromatic N) is 2. The lowest BCUT2D eigenvalue weighted by Gasteiger charge is -2.10. The number of fused-ring (bicyclic) bond motifs is 1. The summed E-state index contributed by atoms with van der Waals surface area (Å²) in [5, 5.41) is 3.25. The zero-order valence-electron chi connectivity index (χ0n) is 10.4. The van der Waals surface area contributed by atoms with Crippen LogP contribution in [0.3, 0.4) is 0 Å². The van der Waals surface area contributed by atoms with E-state index in [0.717, 1.165) is 17.9 Å². The number of nitrogens with one attached hydrogen (secondary N) is 1. The van der Waals surface area contributed by atoms with Crippen molar-refractivity contribution in [3.05, 3.63) is 29.6 Å². The largest absolute Gasteiger partial charge is 0.329 e. The summed E-state index contributed by atoms with van der Waals surface area (Å²) in [6.07, 6.45) is 0. The minimum atomic E-state index is 0.372. The van der Waals surface area contributed by atoms with Gasteiger partial charge in [-0.15, -0.1) is 0 Å². The van der Waals surface area contributed by atoms with Crippen LogP contribution in [0.4, 0.5) is 0 Å². The number of imidazole rings is 1. The topological polar surface area (TPSA) is 29.9 Å². The van der Waals surface area contributed by atoms with E-state index >= 15 is 0 Å². The molecular formula is C13H19N3. The van der Waals surface area contributed by atoms with Crippen LogP contribution in [-0.2, 0) is 6.54 Å². The van der Waals surface area contributed by atoms with E-state index in [2.05, 4.69) is 53.8 Å². The van der Waals surface area contributed by atoms with Crippen LogP contribution in [0.15, 0.2) is 18.2 Å². The van der Waals surface area contributed by atoms with E-state index in [4.69, 9.17) is 0 Å². The minimum absolute atomic E-state index is 0.372. The third kappa shape index (κ3) is 1.71. The van der Waals surface area contributed by atoms with Gasteiger partial charge in [-0.25, -0.2) is 4.98 Å². The fraction of sp³-hybridized carbons (Fsp3) is 0.462. The highest BCUT2D eigenvalue weighted by Crippen LogP contribution is 2.21. The van der Waals surface area contributed by atoms with Crippen LogP contribution in [-0.4, -0.2) is 16.6 Å². The molecule has 0 saturated carbocycles. The molecule has 0 bridgehead atoms. The van der Waals surface area contributed by atoms with Gasteiger partial charge in [-0.3, -0.25) is 0 Å². The summed E-state index contributed by atoms with van der Waals surface area (Å²) < 4.78 is 2.24. The molecule has 0 saturated heterocycles. The SMILES string of the molecule is CCn1c(C)nc2cc(C(C)NC)ccc21. The van der Waals surface area contributed by atoms with Gasteiger partial charge in [0.25, 0.3) is 0 Å². The highest BCUT2D eigenvalue weighted by molar-refractivity contribution is 5.77. The summed E-state index contributed by atoms with van der Waals surface area (Å²) in [5.74, 6) is 1.09. The molecule has 1 heterocycles. The molecule has 0 fully saturated rings. The van der Waals surface area contributed by atoms with Gasteiger partial charge in [0.15, 0.2) is 0 Å². The zero-order chi connectivity index (χ0) is 11.7. The minimum Gasteiger partial charge on any atom is -0.329 e. The number of hydrogen-bond donors (Lipinski definition) is 1. The van der Waals surface area contributed by atoms with Crippen LogP contribution in [0.2, 0.25) is 0 Å². The summed E-state index contributed by atoms with van der Waals surface area (Å²) in [4.78, 5) is 4.60. The molecule has 3 nitrogen and oxygen atoms in total. The molecule has 2 aromatic rings. The van der Waals surface area contributed by atoms with Gasteiger partial charge in [0.05, 0.1) is 11.0 Å². The Kier molecular flexibility index (Phi) is 2.97. The molecule has 0 aliphatic rings. The molecule has 0 amide bonds. The van der Waals surface area contributed by atoms with Gasteiger partial charge in [-0.2, -0.15) is 0 Å². The fourth-order valence-corrected chi connectivity index (χ4v) is 2.10. The van der Waals surface area contributed by atoms with Crippen molar-refractivity contribution in [3.8, 4) is 0 Å². The molecule has 0 aliphatic heterocycles. The maximum absolute atomic E-state index is 4.60. The van der Waals surface area contributed by atoms with Crippen molar-refractivity contribution in [1.82, 2.24) is 14.9 Å². The summed E-state index contributed by atoms with van der Waals surface area (Å²) in [7, 11) is 1.98. The van der Waals surface area contributed by atoms with E-state index in [9.17, 15) is 0 Å². The van der Waals surface area contributed by atoms with Crippen molar-refractivity contribution in [2.24, 2.45) is 0 Å². The highest BCUT2D eigenvalue weighted by atomic mass is 15.1. The lowest BCUT2D eigenvalue weighted by Crippen LogP contribution is -2.12. The van der Waals surface area contributed by atoms with E-state index in [1.54, 1.807) is 0 Å². The van der Waals surface area contributed by atoms with Crippen molar-refractivity contribution in [1.29, 1.82) is 0 Å². The smallest absolute Gasteiger partial charge is 0.106 e. The first-order valence-electron chi connectivity index (χ1n) is 5.81. The van der Waals surface area contributed by atoms with Gasteiger partial charge in [-0.05, 0) is 45.5 Å². The molecule has 86 valence electrons. The molecule has 0 aliphatic carbocycles. The van der Waals surface area contributed by atoms with Crippen molar-refractivity contribution in [3.63, 3.8) is 0 Å². The van der Waals surface area contributed by atoms with Crippen LogP contribution in [0.1, 0.15) is 31.3 Å². The number of benzene rings is 1. The predicted molar refractivity (Wildman–Crippen MR) is 67.6 cm³/mol. The van der Waals surface area contributed by atoms with Crippen molar-refractivity contribution >= 4 is 11.0 Å². The molecular weight excluding hydrogens is 198 g/mol. The highest BCUT2D eigenvalue weighted by Gasteiger charge is 2.08. The zero-order valence-corrected chi connectivity index (χ0v) is 10.4. The Hall–Kier alpha value is -1.35. The molecule has 3 heteroatoms. The molecule has 1 atom stereocenters. The van der Waals surface area contributed by atoms with Crippen LogP contribution in [0, 0.1) is 6.92 Å². The monoisotopic (exact) mass is 217 g/mol. The number of aromatic nitrogens is 2. The number of hydrogen-bond acceptors (Lipinski definition) is 2. The van der Waals surface area contributed by atoms with Crippen LogP contribution >= 0.6 is 0 Å². The predicted octanol–water partition coefficient (Wildman–Crippen LogP) is 2.65. The maximum atomic E-state index is 4.60. The van der Waals surface area contributed by atoms with E-state index < -0.39 is 0 Å². The first-order valence-corrected chi connectivity index (χ1v) is 5.81. The second-order valence-electron chi connectivity index (χ2n) is 4.16. The first-order chi connectivity index (χ1) is 7.67. The van der Waals surface area contributed by atoms with Crippen LogP contribution < -0.4 is 5.32 Å². The average molecular weight is 217 g/mol.